The fraction of sp³-hybridized carbons (Fsp3) is 0.250. The average Bonchev–Trinajstić information content (AvgIpc) is 2.78. The average molecular weight is 401 g/mol. The van der Waals surface area contributed by atoms with Crippen molar-refractivity contribution >= 4 is 0 Å². The van der Waals surface area contributed by atoms with Gasteiger partial charge in [-0.05, 0) is 54.8 Å². The summed E-state index contributed by atoms with van der Waals surface area (Å²) in [5.41, 5.74) is 5.22. The third-order valence-electron chi connectivity index (χ3n) is 5.43. The standard InChI is InChI=1S/C24H23N3O3/c1-4-30-17-7-5-15(6-8-17)18-12-21-19-13-23(29-3)22(28-2)11-16(19)9-10-27(21)24(26)20(18)14-25/h5-8,11-13,26H,4,9-10H2,1-3H3. The number of hydrogen-bond donors (Lipinski definition) is 1. The molecule has 1 aliphatic rings. The molecule has 0 spiro atoms. The van der Waals surface area contributed by atoms with Gasteiger partial charge in [0.25, 0.3) is 0 Å². The zero-order valence-corrected chi connectivity index (χ0v) is 17.3. The lowest BCUT2D eigenvalue weighted by molar-refractivity contribution is 0.340. The molecular formula is C24H23N3O3. The van der Waals surface area contributed by atoms with Crippen molar-refractivity contribution in [2.45, 2.75) is 19.9 Å². The van der Waals surface area contributed by atoms with Crippen LogP contribution in [0.15, 0.2) is 42.5 Å². The van der Waals surface area contributed by atoms with E-state index < -0.39 is 0 Å². The van der Waals surface area contributed by atoms with Crippen LogP contribution in [0.5, 0.6) is 17.2 Å². The predicted octanol–water partition coefficient (Wildman–Crippen LogP) is 4.15. The number of methoxy groups -OCH3 is 2. The minimum Gasteiger partial charge on any atom is -0.494 e. The molecular weight excluding hydrogens is 378 g/mol. The molecule has 4 rings (SSSR count). The number of rotatable bonds is 5. The van der Waals surface area contributed by atoms with Gasteiger partial charge in [0.1, 0.15) is 22.9 Å². The number of pyridine rings is 1. The van der Waals surface area contributed by atoms with Gasteiger partial charge in [-0.25, -0.2) is 0 Å². The van der Waals surface area contributed by atoms with Gasteiger partial charge in [0.05, 0.1) is 26.5 Å². The molecule has 0 radical (unpaired) electrons. The number of nitriles is 1. The van der Waals surface area contributed by atoms with Gasteiger partial charge in [-0.15, -0.1) is 0 Å². The van der Waals surface area contributed by atoms with Crippen molar-refractivity contribution < 1.29 is 14.2 Å². The summed E-state index contributed by atoms with van der Waals surface area (Å²) in [6, 6.07) is 15.8. The first-order valence-electron chi connectivity index (χ1n) is 9.82. The van der Waals surface area contributed by atoms with E-state index in [4.69, 9.17) is 19.6 Å². The second kappa shape index (κ2) is 7.96. The van der Waals surface area contributed by atoms with Crippen LogP contribution in [0, 0.1) is 16.7 Å². The maximum Gasteiger partial charge on any atom is 0.161 e. The summed E-state index contributed by atoms with van der Waals surface area (Å²) in [4.78, 5) is 0. The number of ether oxygens (including phenoxy) is 3. The molecule has 0 amide bonds. The summed E-state index contributed by atoms with van der Waals surface area (Å²) >= 11 is 0. The van der Waals surface area contributed by atoms with Gasteiger partial charge in [-0.2, -0.15) is 5.26 Å². The first-order valence-corrected chi connectivity index (χ1v) is 9.82. The van der Waals surface area contributed by atoms with Crippen LogP contribution in [-0.4, -0.2) is 25.4 Å². The topological polar surface area (TPSA) is 80.3 Å². The molecule has 0 saturated heterocycles. The Morgan fingerprint density at radius 2 is 1.73 bits per heavy atom. The number of nitrogens with one attached hydrogen (secondary N) is 1. The Bertz CT molecular complexity index is 1200. The molecule has 0 saturated carbocycles. The summed E-state index contributed by atoms with van der Waals surface area (Å²) in [6.45, 7) is 3.17. The molecule has 6 heteroatoms. The number of hydrogen-bond acceptors (Lipinski definition) is 5. The van der Waals surface area contributed by atoms with Gasteiger partial charge in [0.2, 0.25) is 0 Å². The van der Waals surface area contributed by atoms with Crippen molar-refractivity contribution in [1.82, 2.24) is 4.57 Å². The minimum absolute atomic E-state index is 0.222. The summed E-state index contributed by atoms with van der Waals surface area (Å²) < 4.78 is 18.4. The maximum absolute atomic E-state index is 9.80. The van der Waals surface area contributed by atoms with Crippen LogP contribution in [0.1, 0.15) is 18.1 Å². The van der Waals surface area contributed by atoms with Gasteiger partial charge >= 0.3 is 0 Å². The quantitative estimate of drug-likeness (QED) is 0.697. The molecule has 3 aromatic rings. The Kier molecular flexibility index (Phi) is 5.20. The summed E-state index contributed by atoms with van der Waals surface area (Å²) in [7, 11) is 3.24. The molecule has 0 bridgehead atoms. The first kappa shape index (κ1) is 19.6. The van der Waals surface area contributed by atoms with E-state index >= 15 is 0 Å². The van der Waals surface area contributed by atoms with E-state index in [1.54, 1.807) is 14.2 Å². The van der Waals surface area contributed by atoms with E-state index in [1.807, 2.05) is 54.0 Å². The van der Waals surface area contributed by atoms with Crippen LogP contribution in [0.4, 0.5) is 0 Å². The highest BCUT2D eigenvalue weighted by atomic mass is 16.5. The number of aryl methyl sites for hydroxylation is 1. The first-order chi connectivity index (χ1) is 14.6. The SMILES string of the molecule is CCOc1ccc(-c2cc3n(c(=N)c2C#N)CCc2cc(OC)c(OC)cc2-3)cc1. The third-order valence-corrected chi connectivity index (χ3v) is 5.43. The highest BCUT2D eigenvalue weighted by Crippen LogP contribution is 2.39. The molecule has 6 nitrogen and oxygen atoms in total. The highest BCUT2D eigenvalue weighted by molar-refractivity contribution is 5.78. The molecule has 0 unspecified atom stereocenters. The Labute approximate surface area is 175 Å². The van der Waals surface area contributed by atoms with Crippen molar-refractivity contribution in [1.29, 1.82) is 10.7 Å². The lowest BCUT2D eigenvalue weighted by Gasteiger charge is -2.25. The van der Waals surface area contributed by atoms with Crippen molar-refractivity contribution in [2.75, 3.05) is 20.8 Å². The second-order valence-electron chi connectivity index (χ2n) is 7.00. The largest absolute Gasteiger partial charge is 0.494 e. The lowest BCUT2D eigenvalue weighted by Crippen LogP contribution is -2.28. The monoisotopic (exact) mass is 401 g/mol. The zero-order chi connectivity index (χ0) is 21.3. The van der Waals surface area contributed by atoms with E-state index in [0.29, 0.717) is 30.2 Å². The molecule has 1 N–H and O–H groups in total. The normalized spacial score (nSPS) is 11.8. The maximum atomic E-state index is 9.80. The molecule has 2 aromatic carbocycles. The zero-order valence-electron chi connectivity index (χ0n) is 17.3. The van der Waals surface area contributed by atoms with E-state index in [-0.39, 0.29) is 5.49 Å². The van der Waals surface area contributed by atoms with Gasteiger partial charge in [0, 0.05) is 17.7 Å². The van der Waals surface area contributed by atoms with Crippen LogP contribution in [0.25, 0.3) is 22.4 Å². The van der Waals surface area contributed by atoms with Gasteiger partial charge in [-0.1, -0.05) is 12.1 Å². The van der Waals surface area contributed by atoms with Gasteiger partial charge in [-0.3, -0.25) is 5.41 Å². The van der Waals surface area contributed by atoms with Crippen LogP contribution in [0.2, 0.25) is 0 Å². The predicted molar refractivity (Wildman–Crippen MR) is 114 cm³/mol. The van der Waals surface area contributed by atoms with E-state index in [1.165, 1.54) is 0 Å². The van der Waals surface area contributed by atoms with Crippen molar-refractivity contribution in [3.05, 3.63) is 59.1 Å². The molecule has 152 valence electrons. The molecule has 0 aliphatic carbocycles. The summed E-state index contributed by atoms with van der Waals surface area (Å²) in [6.07, 6.45) is 0.756. The van der Waals surface area contributed by atoms with Crippen LogP contribution in [-0.2, 0) is 13.0 Å². The Morgan fingerprint density at radius 3 is 2.37 bits per heavy atom. The smallest absolute Gasteiger partial charge is 0.161 e. The molecule has 1 aliphatic heterocycles. The molecule has 0 atom stereocenters. The number of benzene rings is 2. The van der Waals surface area contributed by atoms with Crippen LogP contribution < -0.4 is 19.7 Å². The summed E-state index contributed by atoms with van der Waals surface area (Å²) in [5, 5.41) is 18.5. The minimum atomic E-state index is 0.222. The van der Waals surface area contributed by atoms with E-state index in [0.717, 1.165) is 40.1 Å². The third kappa shape index (κ3) is 3.18. The van der Waals surface area contributed by atoms with E-state index in [2.05, 4.69) is 6.07 Å². The lowest BCUT2D eigenvalue weighted by atomic mass is 9.92. The molecule has 2 heterocycles. The Morgan fingerprint density at radius 1 is 1.03 bits per heavy atom. The van der Waals surface area contributed by atoms with E-state index in [9.17, 15) is 5.26 Å². The van der Waals surface area contributed by atoms with Crippen molar-refractivity contribution in [3.63, 3.8) is 0 Å². The van der Waals surface area contributed by atoms with Crippen LogP contribution >= 0.6 is 0 Å². The van der Waals surface area contributed by atoms with Crippen molar-refractivity contribution in [2.24, 2.45) is 0 Å². The second-order valence-corrected chi connectivity index (χ2v) is 7.00. The van der Waals surface area contributed by atoms with Crippen LogP contribution in [0.3, 0.4) is 0 Å². The fourth-order valence-electron chi connectivity index (χ4n) is 3.96. The number of nitrogens with zero attached hydrogens (tertiary/aromatic N) is 2. The highest BCUT2D eigenvalue weighted by Gasteiger charge is 2.23. The van der Waals surface area contributed by atoms with Gasteiger partial charge in [0.15, 0.2) is 11.5 Å². The molecule has 1 aromatic heterocycles. The Hall–Kier alpha value is -3.72. The van der Waals surface area contributed by atoms with Crippen molar-refractivity contribution in [3.8, 4) is 45.7 Å². The molecule has 0 fully saturated rings. The number of aromatic nitrogens is 1. The fourth-order valence-corrected chi connectivity index (χ4v) is 3.96. The van der Waals surface area contributed by atoms with Gasteiger partial charge < -0.3 is 18.8 Å². The summed E-state index contributed by atoms with van der Waals surface area (Å²) in [5.74, 6) is 2.11. The number of fused-ring (bicyclic) bond motifs is 3. The molecule has 30 heavy (non-hydrogen) atoms. The Balaban J connectivity index is 1.93.